The second-order valence-corrected chi connectivity index (χ2v) is 4.11. The fraction of sp³-hybridized carbons (Fsp3) is 0.750. The van der Waals surface area contributed by atoms with E-state index >= 15 is 0 Å². The van der Waals surface area contributed by atoms with Crippen molar-refractivity contribution in [3.8, 4) is 0 Å². The lowest BCUT2D eigenvalue weighted by molar-refractivity contribution is 0.0770. The van der Waals surface area contributed by atoms with Crippen LogP contribution in [-0.4, -0.2) is 29.0 Å². The predicted molar refractivity (Wildman–Crippen MR) is 65.3 cm³/mol. The molecule has 1 rings (SSSR count). The summed E-state index contributed by atoms with van der Waals surface area (Å²) < 4.78 is 7.40. The van der Waals surface area contributed by atoms with E-state index in [-0.39, 0.29) is 0 Å². The van der Waals surface area contributed by atoms with Crippen LogP contribution in [0.15, 0.2) is 12.3 Å². The van der Waals surface area contributed by atoms with Crippen LogP contribution < -0.4 is 5.32 Å². The largest absolute Gasteiger partial charge is 0.379 e. The van der Waals surface area contributed by atoms with E-state index in [9.17, 15) is 0 Å². The van der Waals surface area contributed by atoms with Crippen LogP contribution in [0, 0.1) is 0 Å². The molecular weight excluding hydrogens is 202 g/mol. The minimum absolute atomic E-state index is 0.334. The lowest BCUT2D eigenvalue weighted by atomic mass is 10.4. The van der Waals surface area contributed by atoms with Crippen molar-refractivity contribution >= 4 is 0 Å². The first-order chi connectivity index (χ1) is 7.72. The molecule has 0 aromatic carbocycles. The summed E-state index contributed by atoms with van der Waals surface area (Å²) >= 11 is 0. The smallest absolute Gasteiger partial charge is 0.0762 e. The van der Waals surface area contributed by atoms with Crippen LogP contribution in [0.25, 0.3) is 0 Å². The SMILES string of the molecule is CCn1ccc(CNCCCOC(C)C)n1. The van der Waals surface area contributed by atoms with Crippen molar-refractivity contribution in [3.63, 3.8) is 0 Å². The molecule has 0 unspecified atom stereocenters. The summed E-state index contributed by atoms with van der Waals surface area (Å²) in [5.41, 5.74) is 1.10. The van der Waals surface area contributed by atoms with Gasteiger partial charge in [0.15, 0.2) is 0 Å². The van der Waals surface area contributed by atoms with Crippen molar-refractivity contribution in [2.24, 2.45) is 0 Å². The highest BCUT2D eigenvalue weighted by Crippen LogP contribution is 1.95. The van der Waals surface area contributed by atoms with Crippen LogP contribution in [0.2, 0.25) is 0 Å². The van der Waals surface area contributed by atoms with Crippen molar-refractivity contribution in [3.05, 3.63) is 18.0 Å². The molecule has 0 radical (unpaired) electrons. The maximum Gasteiger partial charge on any atom is 0.0762 e. The normalized spacial score (nSPS) is 11.2. The highest BCUT2D eigenvalue weighted by atomic mass is 16.5. The second kappa shape index (κ2) is 7.41. The molecule has 0 aliphatic rings. The van der Waals surface area contributed by atoms with Crippen LogP contribution in [0.5, 0.6) is 0 Å². The molecule has 0 aliphatic carbocycles. The molecule has 4 heteroatoms. The maximum atomic E-state index is 5.46. The Morgan fingerprint density at radius 1 is 1.50 bits per heavy atom. The van der Waals surface area contributed by atoms with Crippen LogP contribution in [0.3, 0.4) is 0 Å². The zero-order valence-corrected chi connectivity index (χ0v) is 10.6. The fourth-order valence-electron chi connectivity index (χ4n) is 1.41. The standard InChI is InChI=1S/C12H23N3O/c1-4-15-8-6-12(14-15)10-13-7-5-9-16-11(2)3/h6,8,11,13H,4-5,7,9-10H2,1-3H3. The van der Waals surface area contributed by atoms with Gasteiger partial charge in [0.1, 0.15) is 0 Å². The average molecular weight is 225 g/mol. The number of aryl methyl sites for hydroxylation is 1. The summed E-state index contributed by atoms with van der Waals surface area (Å²) in [6.07, 6.45) is 3.39. The first-order valence-electron chi connectivity index (χ1n) is 6.07. The molecule has 0 aliphatic heterocycles. The number of nitrogens with zero attached hydrogens (tertiary/aromatic N) is 2. The molecule has 0 atom stereocenters. The highest BCUT2D eigenvalue weighted by Gasteiger charge is 1.97. The fourth-order valence-corrected chi connectivity index (χ4v) is 1.41. The van der Waals surface area contributed by atoms with Crippen LogP contribution in [0.4, 0.5) is 0 Å². The number of ether oxygens (including phenoxy) is 1. The third-order valence-electron chi connectivity index (χ3n) is 2.28. The molecule has 1 aromatic rings. The Bertz CT molecular complexity index is 284. The molecule has 0 fully saturated rings. The molecule has 0 saturated carbocycles. The zero-order valence-electron chi connectivity index (χ0n) is 10.6. The number of aromatic nitrogens is 2. The Labute approximate surface area is 98.0 Å². The average Bonchev–Trinajstić information content (AvgIpc) is 2.70. The van der Waals surface area contributed by atoms with Crippen molar-refractivity contribution < 1.29 is 4.74 Å². The van der Waals surface area contributed by atoms with Crippen LogP contribution in [0.1, 0.15) is 32.9 Å². The van der Waals surface area contributed by atoms with E-state index in [2.05, 4.69) is 37.3 Å². The maximum absolute atomic E-state index is 5.46. The van der Waals surface area contributed by atoms with E-state index in [1.165, 1.54) is 0 Å². The minimum Gasteiger partial charge on any atom is -0.379 e. The molecular formula is C12H23N3O. The number of hydrogen-bond donors (Lipinski definition) is 1. The van der Waals surface area contributed by atoms with Crippen LogP contribution >= 0.6 is 0 Å². The topological polar surface area (TPSA) is 39.1 Å². The van der Waals surface area contributed by atoms with E-state index < -0.39 is 0 Å². The Morgan fingerprint density at radius 3 is 2.94 bits per heavy atom. The Kier molecular flexibility index (Phi) is 6.11. The zero-order chi connectivity index (χ0) is 11.8. The minimum atomic E-state index is 0.334. The quantitative estimate of drug-likeness (QED) is 0.686. The lowest BCUT2D eigenvalue weighted by Crippen LogP contribution is -2.17. The van der Waals surface area contributed by atoms with E-state index in [0.717, 1.165) is 38.4 Å². The van der Waals surface area contributed by atoms with Gasteiger partial charge in [-0.05, 0) is 39.8 Å². The molecule has 0 bridgehead atoms. The molecule has 4 nitrogen and oxygen atoms in total. The van der Waals surface area contributed by atoms with Gasteiger partial charge in [0.05, 0.1) is 11.8 Å². The molecule has 0 spiro atoms. The monoisotopic (exact) mass is 225 g/mol. The number of hydrogen-bond acceptors (Lipinski definition) is 3. The van der Waals surface area contributed by atoms with Crippen molar-refractivity contribution in [1.29, 1.82) is 0 Å². The third-order valence-corrected chi connectivity index (χ3v) is 2.28. The summed E-state index contributed by atoms with van der Waals surface area (Å²) in [5, 5.41) is 7.75. The predicted octanol–water partition coefficient (Wildman–Crippen LogP) is 1.81. The van der Waals surface area contributed by atoms with Gasteiger partial charge in [-0.3, -0.25) is 4.68 Å². The summed E-state index contributed by atoms with van der Waals surface area (Å²) in [4.78, 5) is 0. The first-order valence-corrected chi connectivity index (χ1v) is 6.07. The summed E-state index contributed by atoms with van der Waals surface area (Å²) in [7, 11) is 0. The van der Waals surface area contributed by atoms with Crippen molar-refractivity contribution in [1.82, 2.24) is 15.1 Å². The Hall–Kier alpha value is -0.870. The number of rotatable bonds is 8. The van der Waals surface area contributed by atoms with Gasteiger partial charge in [-0.1, -0.05) is 0 Å². The van der Waals surface area contributed by atoms with E-state index in [1.807, 2.05) is 10.9 Å². The lowest BCUT2D eigenvalue weighted by Gasteiger charge is -2.07. The van der Waals surface area contributed by atoms with Crippen molar-refractivity contribution in [2.75, 3.05) is 13.2 Å². The van der Waals surface area contributed by atoms with Crippen molar-refractivity contribution in [2.45, 2.75) is 46.4 Å². The van der Waals surface area contributed by atoms with Gasteiger partial charge < -0.3 is 10.1 Å². The molecule has 1 N–H and O–H groups in total. The van der Waals surface area contributed by atoms with Gasteiger partial charge in [-0.25, -0.2) is 0 Å². The van der Waals surface area contributed by atoms with Gasteiger partial charge in [-0.15, -0.1) is 0 Å². The summed E-state index contributed by atoms with van der Waals surface area (Å²) in [6, 6.07) is 2.06. The van der Waals surface area contributed by atoms with E-state index in [1.54, 1.807) is 0 Å². The molecule has 16 heavy (non-hydrogen) atoms. The van der Waals surface area contributed by atoms with Gasteiger partial charge in [-0.2, -0.15) is 5.10 Å². The van der Waals surface area contributed by atoms with Gasteiger partial charge >= 0.3 is 0 Å². The molecule has 0 amide bonds. The first kappa shape index (κ1) is 13.2. The summed E-state index contributed by atoms with van der Waals surface area (Å²) in [5.74, 6) is 0. The Morgan fingerprint density at radius 2 is 2.31 bits per heavy atom. The van der Waals surface area contributed by atoms with Gasteiger partial charge in [0, 0.05) is 25.9 Å². The molecule has 0 saturated heterocycles. The van der Waals surface area contributed by atoms with E-state index in [4.69, 9.17) is 4.74 Å². The van der Waals surface area contributed by atoms with E-state index in [0.29, 0.717) is 6.10 Å². The second-order valence-electron chi connectivity index (χ2n) is 4.11. The molecule has 1 aromatic heterocycles. The van der Waals surface area contributed by atoms with Gasteiger partial charge in [0.2, 0.25) is 0 Å². The third kappa shape index (κ3) is 5.28. The van der Waals surface area contributed by atoms with Gasteiger partial charge in [0.25, 0.3) is 0 Å². The highest BCUT2D eigenvalue weighted by molar-refractivity contribution is 4.98. The number of nitrogens with one attached hydrogen (secondary N) is 1. The molecule has 1 heterocycles. The van der Waals surface area contributed by atoms with Crippen LogP contribution in [-0.2, 0) is 17.8 Å². The summed E-state index contributed by atoms with van der Waals surface area (Å²) in [6.45, 7) is 9.79. The molecule has 92 valence electrons. The Balaban J connectivity index is 2.02.